The molecule has 0 radical (unpaired) electrons. The van der Waals surface area contributed by atoms with Crippen LogP contribution in [0.15, 0.2) is 85.5 Å². The number of hydrogen-bond donors (Lipinski definition) is 0. The van der Waals surface area contributed by atoms with Crippen molar-refractivity contribution in [2.45, 2.75) is 6.42 Å². The Bertz CT molecular complexity index is 1090. The van der Waals surface area contributed by atoms with Crippen LogP contribution >= 0.6 is 0 Å². The van der Waals surface area contributed by atoms with Crippen LogP contribution in [-0.2, 0) is 7.05 Å². The molecule has 0 amide bonds. The number of benzene rings is 2. The summed E-state index contributed by atoms with van der Waals surface area (Å²) in [6.07, 6.45) is 15.8. The highest BCUT2D eigenvalue weighted by Gasteiger charge is 2.22. The van der Waals surface area contributed by atoms with Crippen LogP contribution in [0, 0.1) is 6.04 Å². The van der Waals surface area contributed by atoms with Gasteiger partial charge >= 0.3 is 0 Å². The minimum atomic E-state index is 0.958. The first kappa shape index (κ1) is 14.2. The van der Waals surface area contributed by atoms with E-state index in [0.29, 0.717) is 0 Å². The molecule has 2 heterocycles. The second-order valence-electron chi connectivity index (χ2n) is 6.52. The molecule has 2 aliphatic carbocycles. The van der Waals surface area contributed by atoms with E-state index in [1.54, 1.807) is 0 Å². The van der Waals surface area contributed by atoms with Gasteiger partial charge in [-0.15, -0.1) is 12.2 Å². The zero-order valence-electron chi connectivity index (χ0n) is 14.1. The number of fused-ring (bicyclic) bond motifs is 3. The summed E-state index contributed by atoms with van der Waals surface area (Å²) in [6, 6.07) is 16.7. The Morgan fingerprint density at radius 3 is 2.84 bits per heavy atom. The number of aryl methyl sites for hydroxylation is 1. The molecule has 0 N–H and O–H groups in total. The van der Waals surface area contributed by atoms with Gasteiger partial charge in [-0.1, -0.05) is 54.1 Å². The first-order valence-corrected chi connectivity index (χ1v) is 8.57. The lowest BCUT2D eigenvalue weighted by atomic mass is 10.1. The fraction of sp³-hybridized carbons (Fsp3) is 0.0909. The predicted octanol–water partition coefficient (Wildman–Crippen LogP) is 3.46. The second kappa shape index (κ2) is 5.42. The molecule has 3 nitrogen and oxygen atoms in total. The zero-order valence-corrected chi connectivity index (χ0v) is 14.1. The molecule has 0 bridgehead atoms. The van der Waals surface area contributed by atoms with Crippen molar-refractivity contribution in [1.29, 1.82) is 0 Å². The average molecular weight is 325 g/mol. The van der Waals surface area contributed by atoms with Gasteiger partial charge in [-0.3, -0.25) is 13.7 Å². The smallest absolute Gasteiger partial charge is 0.185 e. The molecule has 0 spiro atoms. The van der Waals surface area contributed by atoms with Crippen LogP contribution in [0.5, 0.6) is 0 Å². The topological polar surface area (TPSA) is 12.7 Å². The van der Waals surface area contributed by atoms with Gasteiger partial charge < -0.3 is 0 Å². The first-order chi connectivity index (χ1) is 12.3. The molecule has 1 aromatic carbocycles. The van der Waals surface area contributed by atoms with Crippen LogP contribution in [0.4, 0.5) is 0 Å². The van der Waals surface area contributed by atoms with E-state index in [1.807, 2.05) is 7.05 Å². The minimum Gasteiger partial charge on any atom is -0.299 e. The highest BCUT2D eigenvalue weighted by Crippen LogP contribution is 2.32. The molecule has 0 fully saturated rings. The Hall–Kier alpha value is -3.20. The third-order valence-electron chi connectivity index (χ3n) is 4.87. The highest BCUT2D eigenvalue weighted by atomic mass is 15.1. The van der Waals surface area contributed by atoms with Crippen molar-refractivity contribution in [3.63, 3.8) is 0 Å². The molecule has 0 saturated heterocycles. The number of allylic oxidation sites excluding steroid dienone is 4. The van der Waals surface area contributed by atoms with Gasteiger partial charge in [-0.25, -0.2) is 0 Å². The Morgan fingerprint density at radius 2 is 2.04 bits per heavy atom. The van der Waals surface area contributed by atoms with Crippen molar-refractivity contribution in [2.24, 2.45) is 7.05 Å². The van der Waals surface area contributed by atoms with Crippen molar-refractivity contribution in [3.05, 3.63) is 91.5 Å². The maximum Gasteiger partial charge on any atom is 0.185 e. The van der Waals surface area contributed by atoms with Crippen molar-refractivity contribution in [2.75, 3.05) is 0 Å². The number of para-hydroxylation sites is 1. The van der Waals surface area contributed by atoms with E-state index in [4.69, 9.17) is 0 Å². The van der Waals surface area contributed by atoms with E-state index in [9.17, 15) is 0 Å². The van der Waals surface area contributed by atoms with Gasteiger partial charge in [0.1, 0.15) is 11.6 Å². The molecule has 2 aromatic rings. The maximum atomic E-state index is 2.39. The average Bonchev–Trinajstić information content (AvgIpc) is 3.23. The van der Waals surface area contributed by atoms with E-state index < -0.39 is 0 Å². The first-order valence-electron chi connectivity index (χ1n) is 8.57. The van der Waals surface area contributed by atoms with Crippen molar-refractivity contribution < 1.29 is 9.13 Å². The molecule has 0 saturated carbocycles. The summed E-state index contributed by atoms with van der Waals surface area (Å²) in [5.41, 5.74) is 5.00. The normalized spacial score (nSPS) is 14.0. The van der Waals surface area contributed by atoms with Crippen molar-refractivity contribution in [3.8, 4) is 16.9 Å². The Morgan fingerprint density at radius 1 is 1.12 bits per heavy atom. The maximum absolute atomic E-state index is 2.39. The lowest BCUT2D eigenvalue weighted by molar-refractivity contribution is -0.611. The predicted molar refractivity (Wildman–Crippen MR) is 98.4 cm³/mol. The van der Waals surface area contributed by atoms with E-state index in [2.05, 4.69) is 99.2 Å². The van der Waals surface area contributed by atoms with Gasteiger partial charge in [0.2, 0.25) is 0 Å². The fourth-order valence-electron chi connectivity index (χ4n) is 3.70. The molecule has 1 aliphatic heterocycles. The third-order valence-corrected chi connectivity index (χ3v) is 4.87. The molecule has 25 heavy (non-hydrogen) atoms. The van der Waals surface area contributed by atoms with Crippen LogP contribution in [0.2, 0.25) is 0 Å². The summed E-state index contributed by atoms with van der Waals surface area (Å²) in [4.78, 5) is 0. The van der Waals surface area contributed by atoms with Crippen LogP contribution in [0.1, 0.15) is 6.42 Å². The molecule has 3 heteroatoms. The number of nitrogens with zero attached hydrogens (tertiary/aromatic N) is 3. The van der Waals surface area contributed by atoms with Gasteiger partial charge in [0, 0.05) is 6.42 Å². The molecule has 0 atom stereocenters. The number of rotatable bonds is 2. The minimum absolute atomic E-state index is 0.958. The SMILES string of the molecule is Cn1cc[n+](-[c-]2ccc3[n+]([C-]4C=CC=CC4)c4ccccc4c-3c2)c1. The van der Waals surface area contributed by atoms with E-state index in [-0.39, 0.29) is 0 Å². The van der Waals surface area contributed by atoms with Crippen LogP contribution in [0.3, 0.4) is 0 Å². The molecular formula is C22H19N3. The van der Waals surface area contributed by atoms with E-state index >= 15 is 0 Å². The summed E-state index contributed by atoms with van der Waals surface area (Å²) >= 11 is 0. The molecule has 122 valence electrons. The van der Waals surface area contributed by atoms with Crippen molar-refractivity contribution in [1.82, 2.24) is 4.57 Å². The summed E-state index contributed by atoms with van der Waals surface area (Å²) in [5, 5.41) is 1.30. The second-order valence-corrected chi connectivity index (χ2v) is 6.52. The Labute approximate surface area is 147 Å². The van der Waals surface area contributed by atoms with Crippen LogP contribution < -0.4 is 9.13 Å². The van der Waals surface area contributed by atoms with Gasteiger partial charge in [0.05, 0.1) is 30.8 Å². The lowest BCUT2D eigenvalue weighted by Gasteiger charge is -2.18. The summed E-state index contributed by atoms with van der Waals surface area (Å²) in [7, 11) is 2.04. The largest absolute Gasteiger partial charge is 0.299 e. The molecule has 5 rings (SSSR count). The Balaban J connectivity index is 1.77. The lowest BCUT2D eigenvalue weighted by Crippen LogP contribution is -2.40. The van der Waals surface area contributed by atoms with Gasteiger partial charge in [0.25, 0.3) is 0 Å². The molecule has 3 aliphatic rings. The van der Waals surface area contributed by atoms with Gasteiger partial charge in [-0.05, 0) is 11.5 Å². The summed E-state index contributed by atoms with van der Waals surface area (Å²) < 4.78 is 6.61. The highest BCUT2D eigenvalue weighted by molar-refractivity contribution is 5.94. The molecular weight excluding hydrogens is 306 g/mol. The van der Waals surface area contributed by atoms with E-state index in [0.717, 1.165) is 6.42 Å². The fourth-order valence-corrected chi connectivity index (χ4v) is 3.70. The molecule has 1 aromatic heterocycles. The monoisotopic (exact) mass is 325 g/mol. The number of imidazole rings is 1. The van der Waals surface area contributed by atoms with Crippen molar-refractivity contribution >= 4 is 10.9 Å². The summed E-state index contributed by atoms with van der Waals surface area (Å²) in [5.74, 6) is 0. The standard InChI is InChI=1S/C22H19N3/c1-23-13-14-24(16-23)18-11-12-22-20(15-18)19-9-5-6-10-21(19)25(22)17-7-3-2-4-8-17/h2-7,9-16H,8H2,1H3. The Kier molecular flexibility index (Phi) is 3.07. The van der Waals surface area contributed by atoms with Crippen LogP contribution in [-0.4, -0.2) is 4.57 Å². The number of hydrogen-bond acceptors (Lipinski definition) is 0. The quantitative estimate of drug-likeness (QED) is 0.395. The van der Waals surface area contributed by atoms with Gasteiger partial charge in [0.15, 0.2) is 6.33 Å². The van der Waals surface area contributed by atoms with Gasteiger partial charge in [-0.2, -0.15) is 0 Å². The number of aromatic nitrogens is 3. The zero-order chi connectivity index (χ0) is 16.8. The molecule has 0 unspecified atom stereocenters. The van der Waals surface area contributed by atoms with Crippen LogP contribution in [0.25, 0.3) is 27.8 Å². The summed E-state index contributed by atoms with van der Waals surface area (Å²) in [6.45, 7) is 0. The van der Waals surface area contributed by atoms with E-state index in [1.165, 1.54) is 33.9 Å². The third kappa shape index (κ3) is 2.20.